The summed E-state index contributed by atoms with van der Waals surface area (Å²) in [6.07, 6.45) is 0.869. The highest BCUT2D eigenvalue weighted by atomic mass is 32.1. The van der Waals surface area contributed by atoms with Crippen molar-refractivity contribution in [2.45, 2.75) is 39.8 Å². The molecule has 2 aromatic heterocycles. The molecule has 3 aromatic rings. The Labute approximate surface area is 195 Å². The second-order valence-electron chi connectivity index (χ2n) is 8.00. The Balaban J connectivity index is 1.39. The minimum absolute atomic E-state index is 0.258. The number of nitrogens with zero attached hydrogens (tertiary/aromatic N) is 2. The van der Waals surface area contributed by atoms with Gasteiger partial charge in [-0.1, -0.05) is 18.2 Å². The van der Waals surface area contributed by atoms with Crippen LogP contribution in [-0.4, -0.2) is 45.7 Å². The van der Waals surface area contributed by atoms with Gasteiger partial charge in [-0.05, 0) is 56.8 Å². The molecular weight excluding hydrogens is 440 g/mol. The van der Waals surface area contributed by atoms with E-state index in [1.54, 1.807) is 41.7 Å². The minimum atomic E-state index is -1.14. The molecule has 1 aromatic carbocycles. The number of hydrogen-bond donors (Lipinski definition) is 0. The van der Waals surface area contributed by atoms with Gasteiger partial charge in [0.2, 0.25) is 5.78 Å². The third-order valence-electron chi connectivity index (χ3n) is 5.94. The molecule has 0 saturated carbocycles. The molecule has 0 spiro atoms. The second kappa shape index (κ2) is 9.15. The average molecular weight is 465 g/mol. The van der Waals surface area contributed by atoms with Crippen LogP contribution in [0.4, 0.5) is 0 Å². The number of imide groups is 1. The molecule has 170 valence electrons. The van der Waals surface area contributed by atoms with Gasteiger partial charge in [0.05, 0.1) is 11.1 Å². The van der Waals surface area contributed by atoms with Gasteiger partial charge in [-0.15, -0.1) is 11.3 Å². The predicted molar refractivity (Wildman–Crippen MR) is 124 cm³/mol. The van der Waals surface area contributed by atoms with Gasteiger partial charge < -0.3 is 9.30 Å². The number of carbonyl (C=O) groups is 4. The fraction of sp³-hybridized carbons (Fsp3) is 0.280. The Morgan fingerprint density at radius 2 is 1.70 bits per heavy atom. The summed E-state index contributed by atoms with van der Waals surface area (Å²) < 4.78 is 7.29. The fourth-order valence-corrected chi connectivity index (χ4v) is 4.80. The first kappa shape index (κ1) is 22.7. The second-order valence-corrected chi connectivity index (χ2v) is 9.03. The van der Waals surface area contributed by atoms with Crippen LogP contribution in [0.1, 0.15) is 54.3 Å². The van der Waals surface area contributed by atoms with Gasteiger partial charge in [-0.3, -0.25) is 19.3 Å². The highest BCUT2D eigenvalue weighted by molar-refractivity contribution is 7.09. The number of thiophene rings is 1. The van der Waals surface area contributed by atoms with Gasteiger partial charge >= 0.3 is 5.97 Å². The molecule has 33 heavy (non-hydrogen) atoms. The Bertz CT molecular complexity index is 1210. The maximum atomic E-state index is 12.8. The first-order valence-corrected chi connectivity index (χ1v) is 11.5. The summed E-state index contributed by atoms with van der Waals surface area (Å²) in [6.45, 7) is 5.53. The number of hydrogen-bond acceptors (Lipinski definition) is 6. The third-order valence-corrected chi connectivity index (χ3v) is 6.87. The molecule has 0 N–H and O–H groups in total. The first-order valence-electron chi connectivity index (χ1n) is 10.7. The molecule has 0 radical (unpaired) electrons. The van der Waals surface area contributed by atoms with Crippen molar-refractivity contribution in [3.63, 3.8) is 0 Å². The average Bonchev–Trinajstić information content (AvgIpc) is 3.49. The largest absolute Gasteiger partial charge is 0.456 e. The molecular formula is C25H24N2O5S. The summed E-state index contributed by atoms with van der Waals surface area (Å²) in [5, 5.41) is 2.04. The van der Waals surface area contributed by atoms with Crippen LogP contribution in [0.5, 0.6) is 0 Å². The van der Waals surface area contributed by atoms with Crippen LogP contribution >= 0.6 is 11.3 Å². The third kappa shape index (κ3) is 4.26. The van der Waals surface area contributed by atoms with E-state index in [-0.39, 0.29) is 16.9 Å². The molecule has 1 aliphatic rings. The minimum Gasteiger partial charge on any atom is -0.456 e. The molecule has 0 aliphatic carbocycles. The number of rotatable bonds is 8. The van der Waals surface area contributed by atoms with Crippen LogP contribution in [0.2, 0.25) is 0 Å². The van der Waals surface area contributed by atoms with Crippen molar-refractivity contribution in [3.8, 4) is 0 Å². The van der Waals surface area contributed by atoms with Crippen molar-refractivity contribution in [1.82, 2.24) is 9.47 Å². The number of fused-ring (bicyclic) bond motifs is 1. The number of ether oxygens (including phenoxy) is 1. The van der Waals surface area contributed by atoms with Crippen LogP contribution < -0.4 is 0 Å². The van der Waals surface area contributed by atoms with Gasteiger partial charge in [0.1, 0.15) is 6.04 Å². The lowest BCUT2D eigenvalue weighted by Crippen LogP contribution is -2.44. The van der Waals surface area contributed by atoms with Gasteiger partial charge in [0.25, 0.3) is 11.8 Å². The first-order chi connectivity index (χ1) is 15.8. The van der Waals surface area contributed by atoms with E-state index >= 15 is 0 Å². The number of ketones is 1. The van der Waals surface area contributed by atoms with E-state index in [1.807, 2.05) is 25.3 Å². The number of aryl methyl sites for hydroxylation is 2. The number of Topliss-reactive ketones (excluding diaryl/α,β-unsaturated/α-hetero) is 1. The van der Waals surface area contributed by atoms with Crippen molar-refractivity contribution in [2.24, 2.45) is 0 Å². The smallest absolute Gasteiger partial charge is 0.329 e. The fourth-order valence-electron chi connectivity index (χ4n) is 4.10. The molecule has 1 unspecified atom stereocenters. The van der Waals surface area contributed by atoms with E-state index in [2.05, 4.69) is 10.6 Å². The number of carbonyl (C=O) groups excluding carboxylic acids is 4. The summed E-state index contributed by atoms with van der Waals surface area (Å²) in [7, 11) is 0. The van der Waals surface area contributed by atoms with Crippen molar-refractivity contribution in [2.75, 3.05) is 6.61 Å². The zero-order valence-corrected chi connectivity index (χ0v) is 19.5. The van der Waals surface area contributed by atoms with E-state index in [0.29, 0.717) is 5.56 Å². The maximum Gasteiger partial charge on any atom is 0.329 e. The summed E-state index contributed by atoms with van der Waals surface area (Å²) >= 11 is 1.70. The molecule has 1 atom stereocenters. The molecule has 0 bridgehead atoms. The molecule has 8 heteroatoms. The maximum absolute atomic E-state index is 12.8. The zero-order valence-electron chi connectivity index (χ0n) is 18.7. The van der Waals surface area contributed by atoms with Crippen LogP contribution in [0.3, 0.4) is 0 Å². The Morgan fingerprint density at radius 1 is 1.03 bits per heavy atom. The summed E-state index contributed by atoms with van der Waals surface area (Å²) in [4.78, 5) is 52.7. The molecule has 0 saturated heterocycles. The predicted octanol–water partition coefficient (Wildman–Crippen LogP) is 3.82. The number of amides is 2. The molecule has 2 amide bonds. The summed E-state index contributed by atoms with van der Waals surface area (Å²) in [6, 6.07) is 11.2. The van der Waals surface area contributed by atoms with Crippen molar-refractivity contribution < 1.29 is 23.9 Å². The number of esters is 1. The van der Waals surface area contributed by atoms with E-state index in [1.165, 1.54) is 11.8 Å². The molecule has 4 rings (SSSR count). The van der Waals surface area contributed by atoms with Crippen LogP contribution in [0.15, 0.2) is 47.8 Å². The quantitative estimate of drug-likeness (QED) is 0.287. The van der Waals surface area contributed by atoms with Crippen LogP contribution in [0, 0.1) is 13.8 Å². The molecule has 7 nitrogen and oxygen atoms in total. The Kier molecular flexibility index (Phi) is 6.29. The van der Waals surface area contributed by atoms with Crippen LogP contribution in [-0.2, 0) is 22.5 Å². The monoisotopic (exact) mass is 464 g/mol. The summed E-state index contributed by atoms with van der Waals surface area (Å²) in [5.41, 5.74) is 2.79. The summed E-state index contributed by atoms with van der Waals surface area (Å²) in [5.74, 6) is -2.21. The lowest BCUT2D eigenvalue weighted by Gasteiger charge is -2.20. The van der Waals surface area contributed by atoms with Crippen molar-refractivity contribution in [1.29, 1.82) is 0 Å². The topological polar surface area (TPSA) is 85.7 Å². The highest BCUT2D eigenvalue weighted by Gasteiger charge is 2.41. The Morgan fingerprint density at radius 3 is 2.30 bits per heavy atom. The van der Waals surface area contributed by atoms with E-state index in [9.17, 15) is 19.2 Å². The van der Waals surface area contributed by atoms with Gasteiger partial charge in [-0.25, -0.2) is 4.79 Å². The lowest BCUT2D eigenvalue weighted by molar-refractivity contribution is -0.146. The van der Waals surface area contributed by atoms with Crippen molar-refractivity contribution in [3.05, 3.63) is 80.8 Å². The molecule has 3 heterocycles. The van der Waals surface area contributed by atoms with Gasteiger partial charge in [0, 0.05) is 28.4 Å². The highest BCUT2D eigenvalue weighted by Crippen LogP contribution is 2.25. The molecule has 0 fully saturated rings. The van der Waals surface area contributed by atoms with E-state index in [0.717, 1.165) is 29.3 Å². The zero-order chi connectivity index (χ0) is 23.7. The van der Waals surface area contributed by atoms with E-state index in [4.69, 9.17) is 4.74 Å². The standard InChI is InChI=1S/C25H24N2O5S/c1-15-13-21(16(2)26(15)11-10-18-7-6-12-33-18)22(28)14-32-25(31)17(3)27-23(29)19-8-4-5-9-20(19)24(27)30/h4-9,12-13,17H,10-11,14H2,1-3H3. The van der Waals surface area contributed by atoms with Gasteiger partial charge in [0.15, 0.2) is 6.61 Å². The Hall–Kier alpha value is -3.52. The van der Waals surface area contributed by atoms with Crippen molar-refractivity contribution >= 4 is 34.9 Å². The molecule has 1 aliphatic heterocycles. The normalized spacial score (nSPS) is 13.8. The number of aromatic nitrogens is 1. The SMILES string of the molecule is Cc1cc(C(=O)COC(=O)C(C)N2C(=O)c3ccccc3C2=O)c(C)n1CCc1cccs1. The van der Waals surface area contributed by atoms with Crippen LogP contribution in [0.25, 0.3) is 0 Å². The van der Waals surface area contributed by atoms with Gasteiger partial charge in [-0.2, -0.15) is 0 Å². The number of benzene rings is 1. The lowest BCUT2D eigenvalue weighted by atomic mass is 10.1. The van der Waals surface area contributed by atoms with E-state index < -0.39 is 30.4 Å².